The van der Waals surface area contributed by atoms with Crippen molar-refractivity contribution in [3.63, 3.8) is 0 Å². The summed E-state index contributed by atoms with van der Waals surface area (Å²) in [6.45, 7) is 0.353. The van der Waals surface area contributed by atoms with Gasteiger partial charge >= 0.3 is 0 Å². The van der Waals surface area contributed by atoms with Gasteiger partial charge in [0.1, 0.15) is 17.5 Å². The number of nitrogens with zero attached hydrogens (tertiary/aromatic N) is 1. The van der Waals surface area contributed by atoms with Crippen LogP contribution in [0.5, 0.6) is 11.5 Å². The maximum atomic E-state index is 13.8. The first-order valence-electron chi connectivity index (χ1n) is 10.7. The highest BCUT2D eigenvalue weighted by Crippen LogP contribution is 2.34. The molecule has 0 amide bonds. The molecule has 170 valence electrons. The van der Waals surface area contributed by atoms with Crippen molar-refractivity contribution in [3.05, 3.63) is 95.6 Å². The minimum Gasteiger partial charge on any atom is -0.497 e. The summed E-state index contributed by atoms with van der Waals surface area (Å²) < 4.78 is 22.1. The van der Waals surface area contributed by atoms with Crippen LogP contribution >= 0.6 is 0 Å². The molecule has 1 aliphatic rings. The Labute approximate surface area is 193 Å². The predicted octanol–water partition coefficient (Wildman–Crippen LogP) is 4.59. The number of benzene rings is 3. The number of ketones is 1. The first-order chi connectivity index (χ1) is 16.1. The third-order valence-electron chi connectivity index (χ3n) is 5.71. The van der Waals surface area contributed by atoms with Crippen LogP contribution in [-0.2, 0) is 14.3 Å². The zero-order chi connectivity index (χ0) is 23.2. The average Bonchev–Trinajstić information content (AvgIpc) is 3.30. The van der Waals surface area contributed by atoms with Gasteiger partial charge in [0.05, 0.1) is 26.7 Å². The quantitative estimate of drug-likeness (QED) is 0.482. The van der Waals surface area contributed by atoms with E-state index in [2.05, 4.69) is 4.99 Å². The van der Waals surface area contributed by atoms with Crippen molar-refractivity contribution in [2.45, 2.75) is 18.1 Å². The van der Waals surface area contributed by atoms with Gasteiger partial charge in [0.2, 0.25) is 5.78 Å². The molecule has 0 aliphatic carbocycles. The molecule has 0 spiro atoms. The van der Waals surface area contributed by atoms with E-state index < -0.39 is 5.92 Å². The van der Waals surface area contributed by atoms with Crippen molar-refractivity contribution >= 4 is 11.7 Å². The number of ether oxygens (including phenoxy) is 4. The summed E-state index contributed by atoms with van der Waals surface area (Å²) in [6, 6.07) is 24.4. The van der Waals surface area contributed by atoms with Crippen LogP contribution < -0.4 is 9.47 Å². The Kier molecular flexibility index (Phi) is 7.05. The molecule has 6 nitrogen and oxygen atoms in total. The largest absolute Gasteiger partial charge is 0.497 e. The standard InChI is InChI=1S/C27H27NO5/c1-30-17-23-26(20-7-5-4-6-8-20)33-27(28-23)25(29)24(18-9-13-21(31-2)14-10-18)19-11-15-22(32-3)16-12-19/h4-16,23-24,26H,17H2,1-3H3/t23-,26-/m0/s1. The van der Waals surface area contributed by atoms with Crippen LogP contribution in [0.2, 0.25) is 0 Å². The summed E-state index contributed by atoms with van der Waals surface area (Å²) >= 11 is 0. The van der Waals surface area contributed by atoms with Gasteiger partial charge in [0.25, 0.3) is 5.90 Å². The van der Waals surface area contributed by atoms with Crippen LogP contribution in [0.1, 0.15) is 28.7 Å². The van der Waals surface area contributed by atoms with E-state index in [9.17, 15) is 4.79 Å². The van der Waals surface area contributed by atoms with Crippen LogP contribution in [0.3, 0.4) is 0 Å². The second-order valence-corrected chi connectivity index (χ2v) is 7.75. The van der Waals surface area contributed by atoms with Gasteiger partial charge in [-0.2, -0.15) is 0 Å². The van der Waals surface area contributed by atoms with Crippen LogP contribution in [0.25, 0.3) is 0 Å². The van der Waals surface area contributed by atoms with Gasteiger partial charge in [-0.25, -0.2) is 4.99 Å². The third-order valence-corrected chi connectivity index (χ3v) is 5.71. The molecule has 2 atom stereocenters. The predicted molar refractivity (Wildman–Crippen MR) is 126 cm³/mol. The fourth-order valence-electron chi connectivity index (χ4n) is 4.01. The molecule has 1 heterocycles. The number of carbonyl (C=O) groups is 1. The lowest BCUT2D eigenvalue weighted by Crippen LogP contribution is -2.24. The molecule has 0 radical (unpaired) electrons. The Morgan fingerprint density at radius 1 is 0.848 bits per heavy atom. The van der Waals surface area contributed by atoms with Crippen molar-refractivity contribution in [2.24, 2.45) is 4.99 Å². The molecule has 0 aromatic heterocycles. The van der Waals surface area contributed by atoms with Gasteiger partial charge in [0.15, 0.2) is 6.10 Å². The zero-order valence-corrected chi connectivity index (χ0v) is 18.9. The molecule has 3 aromatic carbocycles. The molecule has 0 N–H and O–H groups in total. The van der Waals surface area contributed by atoms with Crippen molar-refractivity contribution in [2.75, 3.05) is 27.9 Å². The Hall–Kier alpha value is -3.64. The number of aliphatic imine (C=N–C) groups is 1. The SMILES string of the molecule is COC[C@@H]1N=C(C(=O)C(c2ccc(OC)cc2)c2ccc(OC)cc2)O[C@H]1c1ccccc1. The van der Waals surface area contributed by atoms with E-state index in [1.54, 1.807) is 21.3 Å². The van der Waals surface area contributed by atoms with Crippen LogP contribution in [0.4, 0.5) is 0 Å². The number of Topliss-reactive ketones (excluding diaryl/α,β-unsaturated/α-hetero) is 1. The Morgan fingerprint density at radius 3 is 1.88 bits per heavy atom. The summed E-state index contributed by atoms with van der Waals surface area (Å²) in [5, 5.41) is 0. The molecule has 1 aliphatic heterocycles. The minimum absolute atomic E-state index is 0.113. The van der Waals surface area contributed by atoms with E-state index in [1.165, 1.54) is 0 Å². The lowest BCUT2D eigenvalue weighted by molar-refractivity contribution is -0.115. The molecule has 6 heteroatoms. The Morgan fingerprint density at radius 2 is 1.39 bits per heavy atom. The van der Waals surface area contributed by atoms with Gasteiger partial charge in [-0.05, 0) is 41.0 Å². The second-order valence-electron chi connectivity index (χ2n) is 7.75. The maximum Gasteiger partial charge on any atom is 0.255 e. The van der Waals surface area contributed by atoms with E-state index in [-0.39, 0.29) is 23.8 Å². The number of methoxy groups -OCH3 is 3. The number of hydrogen-bond donors (Lipinski definition) is 0. The van der Waals surface area contributed by atoms with Crippen LogP contribution in [0.15, 0.2) is 83.9 Å². The lowest BCUT2D eigenvalue weighted by atomic mass is 9.87. The summed E-state index contributed by atoms with van der Waals surface area (Å²) in [5.41, 5.74) is 2.60. The summed E-state index contributed by atoms with van der Waals surface area (Å²) in [4.78, 5) is 18.5. The van der Waals surface area contributed by atoms with Crippen molar-refractivity contribution < 1.29 is 23.7 Å². The smallest absolute Gasteiger partial charge is 0.255 e. The normalized spacial score (nSPS) is 17.4. The van der Waals surface area contributed by atoms with Crippen LogP contribution in [-0.4, -0.2) is 45.7 Å². The molecule has 0 unspecified atom stereocenters. The topological polar surface area (TPSA) is 66.4 Å². The average molecular weight is 446 g/mol. The first kappa shape index (κ1) is 22.6. The lowest BCUT2D eigenvalue weighted by Gasteiger charge is -2.19. The molecule has 4 rings (SSSR count). The molecule has 3 aromatic rings. The first-order valence-corrected chi connectivity index (χ1v) is 10.7. The van der Waals surface area contributed by atoms with Gasteiger partial charge in [0, 0.05) is 7.11 Å². The summed E-state index contributed by atoms with van der Waals surface area (Å²) in [5.74, 6) is 0.766. The van der Waals surface area contributed by atoms with E-state index in [0.29, 0.717) is 6.61 Å². The summed E-state index contributed by atoms with van der Waals surface area (Å²) in [6.07, 6.45) is -0.377. The minimum atomic E-state index is -0.585. The monoisotopic (exact) mass is 445 g/mol. The molecule has 0 saturated carbocycles. The fraction of sp³-hybridized carbons (Fsp3) is 0.259. The van der Waals surface area contributed by atoms with E-state index >= 15 is 0 Å². The maximum absolute atomic E-state index is 13.8. The molecule has 33 heavy (non-hydrogen) atoms. The number of hydrogen-bond acceptors (Lipinski definition) is 6. The Bertz CT molecular complexity index is 1050. The second kappa shape index (κ2) is 10.3. The highest BCUT2D eigenvalue weighted by molar-refractivity contribution is 6.39. The highest BCUT2D eigenvalue weighted by Gasteiger charge is 2.38. The third kappa shape index (κ3) is 4.91. The van der Waals surface area contributed by atoms with Crippen molar-refractivity contribution in [1.29, 1.82) is 0 Å². The molecule has 0 fully saturated rings. The number of rotatable bonds is 9. The molecular weight excluding hydrogens is 418 g/mol. The summed E-state index contributed by atoms with van der Waals surface area (Å²) in [7, 11) is 4.85. The van der Waals surface area contributed by atoms with Gasteiger partial charge in [-0.15, -0.1) is 0 Å². The molecule has 0 saturated heterocycles. The van der Waals surface area contributed by atoms with Gasteiger partial charge in [-0.3, -0.25) is 4.79 Å². The van der Waals surface area contributed by atoms with Crippen molar-refractivity contribution in [1.82, 2.24) is 0 Å². The van der Waals surface area contributed by atoms with Crippen molar-refractivity contribution in [3.8, 4) is 11.5 Å². The van der Waals surface area contributed by atoms with Crippen LogP contribution in [0, 0.1) is 0 Å². The molecule has 0 bridgehead atoms. The van der Waals surface area contributed by atoms with E-state index in [0.717, 1.165) is 28.2 Å². The van der Waals surface area contributed by atoms with E-state index in [4.69, 9.17) is 18.9 Å². The van der Waals surface area contributed by atoms with Gasteiger partial charge < -0.3 is 18.9 Å². The molecular formula is C27H27NO5. The van der Waals surface area contributed by atoms with E-state index in [1.807, 2.05) is 78.9 Å². The Balaban J connectivity index is 1.69. The zero-order valence-electron chi connectivity index (χ0n) is 18.9. The highest BCUT2D eigenvalue weighted by atomic mass is 16.5. The fourth-order valence-corrected chi connectivity index (χ4v) is 4.01. The number of carbonyl (C=O) groups excluding carboxylic acids is 1. The van der Waals surface area contributed by atoms with Gasteiger partial charge in [-0.1, -0.05) is 54.6 Å².